The fourth-order valence-corrected chi connectivity index (χ4v) is 2.91. The van der Waals surface area contributed by atoms with Gasteiger partial charge in [0.25, 0.3) is 11.1 Å². The summed E-state index contributed by atoms with van der Waals surface area (Å²) in [5.74, 6) is -1.08. The summed E-state index contributed by atoms with van der Waals surface area (Å²) in [4.78, 5) is 36.9. The maximum absolute atomic E-state index is 12.3. The number of hydrogen-bond donors (Lipinski definition) is 0. The van der Waals surface area contributed by atoms with Crippen molar-refractivity contribution in [1.29, 1.82) is 0 Å². The lowest BCUT2D eigenvalue weighted by Crippen LogP contribution is -2.42. The number of thioether (sulfide) groups is 1. The molecule has 1 atom stereocenters. The molecule has 0 bridgehead atoms. The maximum atomic E-state index is 12.3. The van der Waals surface area contributed by atoms with E-state index in [1.54, 1.807) is 6.08 Å². The quantitative estimate of drug-likeness (QED) is 0.634. The Hall–Kier alpha value is -2.08. The molecule has 2 rings (SSSR count). The molecular weight excluding hydrogens is 290 g/mol. The minimum absolute atomic E-state index is 0.307. The number of ether oxygens (including phenoxy) is 1. The van der Waals surface area contributed by atoms with Gasteiger partial charge >= 0.3 is 5.97 Å². The molecule has 1 aliphatic heterocycles. The molecular formula is C15H15NO4S. The number of amides is 2. The van der Waals surface area contributed by atoms with Gasteiger partial charge in [-0.2, -0.15) is 0 Å². The standard InChI is InChI=1S/C15H15NO4S/c1-9-5-4-6-11(7-9)8-12-13(17)16(15(19)21-12)10(2)14(18)20-3/h4-8,10H,1-3H3/b12-8+/t10-/m1/s1. The summed E-state index contributed by atoms with van der Waals surface area (Å²) in [6.45, 7) is 3.42. The molecule has 0 saturated carbocycles. The normalized spacial score (nSPS) is 18.2. The van der Waals surface area contributed by atoms with Crippen LogP contribution in [-0.2, 0) is 14.3 Å². The second-order valence-electron chi connectivity index (χ2n) is 4.66. The Morgan fingerprint density at radius 3 is 2.71 bits per heavy atom. The maximum Gasteiger partial charge on any atom is 0.328 e. The van der Waals surface area contributed by atoms with Crippen LogP contribution in [0.2, 0.25) is 0 Å². The van der Waals surface area contributed by atoms with Crippen molar-refractivity contribution >= 4 is 35.0 Å². The first-order chi connectivity index (χ1) is 9.93. The molecule has 0 spiro atoms. The first kappa shape index (κ1) is 15.3. The van der Waals surface area contributed by atoms with E-state index in [1.165, 1.54) is 14.0 Å². The van der Waals surface area contributed by atoms with Gasteiger partial charge in [-0.3, -0.25) is 14.5 Å². The van der Waals surface area contributed by atoms with Gasteiger partial charge in [0.15, 0.2) is 0 Å². The third-order valence-electron chi connectivity index (χ3n) is 3.09. The van der Waals surface area contributed by atoms with E-state index in [0.717, 1.165) is 27.8 Å². The molecule has 0 aromatic heterocycles. The number of benzene rings is 1. The van der Waals surface area contributed by atoms with E-state index in [9.17, 15) is 14.4 Å². The van der Waals surface area contributed by atoms with Crippen molar-refractivity contribution in [2.45, 2.75) is 19.9 Å². The fraction of sp³-hybridized carbons (Fsp3) is 0.267. The molecule has 2 amide bonds. The van der Waals surface area contributed by atoms with Crippen LogP contribution in [0.1, 0.15) is 18.1 Å². The number of carbonyl (C=O) groups is 3. The van der Waals surface area contributed by atoms with Crippen molar-refractivity contribution in [3.05, 3.63) is 40.3 Å². The molecule has 0 aliphatic carbocycles. The number of aryl methyl sites for hydroxylation is 1. The predicted molar refractivity (Wildman–Crippen MR) is 80.5 cm³/mol. The minimum Gasteiger partial charge on any atom is -0.467 e. The zero-order valence-electron chi connectivity index (χ0n) is 12.0. The van der Waals surface area contributed by atoms with Crippen molar-refractivity contribution < 1.29 is 19.1 Å². The van der Waals surface area contributed by atoms with Crippen molar-refractivity contribution in [1.82, 2.24) is 4.90 Å². The molecule has 0 radical (unpaired) electrons. The molecule has 1 saturated heterocycles. The SMILES string of the molecule is COC(=O)[C@@H](C)N1C(=O)S/C(=C/c2cccc(C)c2)C1=O. The fourth-order valence-electron chi connectivity index (χ4n) is 2.00. The van der Waals surface area contributed by atoms with Crippen LogP contribution in [-0.4, -0.2) is 35.2 Å². The second kappa shape index (κ2) is 6.13. The first-order valence-corrected chi connectivity index (χ1v) is 7.17. The van der Waals surface area contributed by atoms with Gasteiger partial charge in [-0.1, -0.05) is 29.8 Å². The van der Waals surface area contributed by atoms with E-state index in [1.807, 2.05) is 31.2 Å². The highest BCUT2D eigenvalue weighted by Crippen LogP contribution is 2.33. The Balaban J connectivity index is 2.28. The Kier molecular flexibility index (Phi) is 4.47. The Morgan fingerprint density at radius 1 is 1.38 bits per heavy atom. The summed E-state index contributed by atoms with van der Waals surface area (Å²) in [5, 5.41) is -0.461. The summed E-state index contributed by atoms with van der Waals surface area (Å²) in [6, 6.07) is 6.67. The minimum atomic E-state index is -0.925. The number of imide groups is 1. The molecule has 21 heavy (non-hydrogen) atoms. The van der Waals surface area contributed by atoms with E-state index < -0.39 is 23.2 Å². The second-order valence-corrected chi connectivity index (χ2v) is 5.66. The van der Waals surface area contributed by atoms with E-state index in [0.29, 0.717) is 4.91 Å². The van der Waals surface area contributed by atoms with Gasteiger partial charge in [0.2, 0.25) is 0 Å². The van der Waals surface area contributed by atoms with Crippen LogP contribution < -0.4 is 0 Å². The zero-order valence-corrected chi connectivity index (χ0v) is 12.8. The smallest absolute Gasteiger partial charge is 0.328 e. The molecule has 1 aromatic rings. The lowest BCUT2D eigenvalue weighted by Gasteiger charge is -2.18. The molecule has 0 unspecified atom stereocenters. The summed E-state index contributed by atoms with van der Waals surface area (Å²) in [5.41, 5.74) is 1.90. The molecule has 110 valence electrons. The van der Waals surface area contributed by atoms with E-state index in [4.69, 9.17) is 0 Å². The molecule has 1 aromatic carbocycles. The van der Waals surface area contributed by atoms with Crippen LogP contribution in [0.25, 0.3) is 6.08 Å². The van der Waals surface area contributed by atoms with E-state index in [2.05, 4.69) is 4.74 Å². The largest absolute Gasteiger partial charge is 0.467 e. The number of rotatable bonds is 3. The molecule has 1 fully saturated rings. The van der Waals surface area contributed by atoms with Gasteiger partial charge in [-0.15, -0.1) is 0 Å². The number of hydrogen-bond acceptors (Lipinski definition) is 5. The Labute approximate surface area is 127 Å². The number of carbonyl (C=O) groups excluding carboxylic acids is 3. The third kappa shape index (κ3) is 3.16. The lowest BCUT2D eigenvalue weighted by atomic mass is 10.1. The molecule has 0 N–H and O–H groups in total. The van der Waals surface area contributed by atoms with Crippen LogP contribution in [0, 0.1) is 6.92 Å². The summed E-state index contributed by atoms with van der Waals surface area (Å²) >= 11 is 0.829. The number of methoxy groups -OCH3 is 1. The van der Waals surface area contributed by atoms with Gasteiger partial charge in [0, 0.05) is 0 Å². The highest BCUT2D eigenvalue weighted by atomic mass is 32.2. The average molecular weight is 305 g/mol. The Bertz CT molecular complexity index is 638. The lowest BCUT2D eigenvalue weighted by molar-refractivity contribution is -0.148. The molecule has 1 heterocycles. The topological polar surface area (TPSA) is 63.7 Å². The Morgan fingerprint density at radius 2 is 2.10 bits per heavy atom. The molecule has 5 nitrogen and oxygen atoms in total. The van der Waals surface area contributed by atoms with Crippen LogP contribution in [0.5, 0.6) is 0 Å². The van der Waals surface area contributed by atoms with Crippen molar-refractivity contribution in [2.75, 3.05) is 7.11 Å². The van der Waals surface area contributed by atoms with Crippen LogP contribution in [0.3, 0.4) is 0 Å². The van der Waals surface area contributed by atoms with Gasteiger partial charge in [-0.25, -0.2) is 4.79 Å². The van der Waals surface area contributed by atoms with E-state index in [-0.39, 0.29) is 0 Å². The number of esters is 1. The monoisotopic (exact) mass is 305 g/mol. The van der Waals surface area contributed by atoms with Gasteiger partial charge in [0.05, 0.1) is 12.0 Å². The third-order valence-corrected chi connectivity index (χ3v) is 3.98. The summed E-state index contributed by atoms with van der Waals surface area (Å²) in [6.07, 6.45) is 1.65. The average Bonchev–Trinajstić information content (AvgIpc) is 2.72. The molecule has 6 heteroatoms. The highest BCUT2D eigenvalue weighted by molar-refractivity contribution is 8.18. The first-order valence-electron chi connectivity index (χ1n) is 6.35. The number of nitrogens with zero attached hydrogens (tertiary/aromatic N) is 1. The van der Waals surface area contributed by atoms with E-state index >= 15 is 0 Å². The van der Waals surface area contributed by atoms with Crippen molar-refractivity contribution in [3.8, 4) is 0 Å². The van der Waals surface area contributed by atoms with Crippen LogP contribution in [0.15, 0.2) is 29.2 Å². The molecule has 1 aliphatic rings. The highest BCUT2D eigenvalue weighted by Gasteiger charge is 2.41. The van der Waals surface area contributed by atoms with Crippen molar-refractivity contribution in [3.63, 3.8) is 0 Å². The zero-order chi connectivity index (χ0) is 15.6. The summed E-state index contributed by atoms with van der Waals surface area (Å²) < 4.78 is 4.58. The van der Waals surface area contributed by atoms with Gasteiger partial charge in [-0.05, 0) is 37.2 Å². The van der Waals surface area contributed by atoms with Gasteiger partial charge < -0.3 is 4.74 Å². The van der Waals surface area contributed by atoms with Crippen molar-refractivity contribution in [2.24, 2.45) is 0 Å². The van der Waals surface area contributed by atoms with Gasteiger partial charge in [0.1, 0.15) is 6.04 Å². The van der Waals surface area contributed by atoms with Crippen LogP contribution >= 0.6 is 11.8 Å². The predicted octanol–water partition coefficient (Wildman–Crippen LogP) is 2.59. The van der Waals surface area contributed by atoms with Crippen LogP contribution in [0.4, 0.5) is 4.79 Å². The summed E-state index contributed by atoms with van der Waals surface area (Å²) in [7, 11) is 1.22.